The Hall–Kier alpha value is -3.90. The minimum Gasteiger partial charge on any atom is -0.481 e. The molecule has 0 spiro atoms. The Kier molecular flexibility index (Phi) is 6.85. The fourth-order valence-corrected chi connectivity index (χ4v) is 5.59. The quantitative estimate of drug-likeness (QED) is 0.419. The van der Waals surface area contributed by atoms with Gasteiger partial charge in [-0.05, 0) is 36.2 Å². The summed E-state index contributed by atoms with van der Waals surface area (Å²) in [6.07, 6.45) is 1.83. The van der Waals surface area contributed by atoms with Crippen LogP contribution in [0.25, 0.3) is 0 Å². The van der Waals surface area contributed by atoms with E-state index in [1.165, 1.54) is 0 Å². The number of carboxylic acids is 1. The zero-order valence-corrected chi connectivity index (χ0v) is 21.1. The predicted octanol–water partition coefficient (Wildman–Crippen LogP) is 6.27. The molecule has 2 aliphatic rings. The van der Waals surface area contributed by atoms with Crippen LogP contribution in [0, 0.1) is 12.8 Å². The molecule has 2 N–H and O–H groups in total. The van der Waals surface area contributed by atoms with E-state index in [-0.39, 0.29) is 36.9 Å². The molecule has 6 nitrogen and oxygen atoms in total. The lowest BCUT2D eigenvalue weighted by Gasteiger charge is -2.37. The molecule has 3 aromatic rings. The van der Waals surface area contributed by atoms with Crippen LogP contribution >= 0.6 is 11.6 Å². The second-order valence-corrected chi connectivity index (χ2v) is 9.96. The lowest BCUT2D eigenvalue weighted by Crippen LogP contribution is -2.42. The number of nitrogens with one attached hydrogen (secondary N) is 1. The van der Waals surface area contributed by atoms with Crippen molar-refractivity contribution in [3.05, 3.63) is 106 Å². The minimum absolute atomic E-state index is 0.00987. The van der Waals surface area contributed by atoms with Crippen LogP contribution in [0.4, 0.5) is 11.4 Å². The van der Waals surface area contributed by atoms with Crippen LogP contribution in [0.3, 0.4) is 0 Å². The number of nitrogens with zero attached hydrogens (tertiary/aromatic N) is 1. The number of allylic oxidation sites excluding steroid dienone is 1. The number of fused-ring (bicyclic) bond motifs is 2. The Balaban J connectivity index is 1.69. The molecule has 0 saturated heterocycles. The van der Waals surface area contributed by atoms with Gasteiger partial charge in [-0.15, -0.1) is 0 Å². The number of anilines is 2. The molecule has 1 heterocycles. The standard InChI is InChI=1S/C30H27ClN2O4/c1-18-10-12-19(13-11-18)30-29-24(16-20(17-26(29)34)21-6-2-3-7-22(21)31)32-23-8-4-5-9-25(23)33(30)27(35)14-15-28(36)37/h2-13,16,20,29-30,32H,14-15,17H2,1H3,(H,36,37)/t20-,29-,30+/m1/s1. The van der Waals surface area contributed by atoms with Gasteiger partial charge >= 0.3 is 5.97 Å². The summed E-state index contributed by atoms with van der Waals surface area (Å²) in [6, 6.07) is 22.1. The first-order chi connectivity index (χ1) is 17.8. The highest BCUT2D eigenvalue weighted by atomic mass is 35.5. The van der Waals surface area contributed by atoms with Gasteiger partial charge in [-0.25, -0.2) is 0 Å². The topological polar surface area (TPSA) is 86.7 Å². The van der Waals surface area contributed by atoms with E-state index >= 15 is 0 Å². The fourth-order valence-electron chi connectivity index (χ4n) is 5.31. The number of rotatable bonds is 5. The van der Waals surface area contributed by atoms with E-state index in [2.05, 4.69) is 11.4 Å². The summed E-state index contributed by atoms with van der Waals surface area (Å²) in [5.74, 6) is -2.25. The molecule has 5 rings (SSSR count). The van der Waals surface area contributed by atoms with Gasteiger partial charge in [0.1, 0.15) is 5.78 Å². The maximum atomic E-state index is 14.0. The van der Waals surface area contributed by atoms with Crippen LogP contribution in [0.1, 0.15) is 47.9 Å². The van der Waals surface area contributed by atoms with E-state index in [0.717, 1.165) is 16.7 Å². The second kappa shape index (κ2) is 10.2. The number of benzene rings is 3. The summed E-state index contributed by atoms with van der Waals surface area (Å²) in [5, 5.41) is 13.3. The molecule has 3 aromatic carbocycles. The number of hydrogen-bond acceptors (Lipinski definition) is 4. The van der Waals surface area contributed by atoms with Gasteiger partial charge in [-0.3, -0.25) is 14.4 Å². The molecule has 1 amide bonds. The average molecular weight is 515 g/mol. The Morgan fingerprint density at radius 2 is 1.70 bits per heavy atom. The first kappa shape index (κ1) is 24.8. The molecule has 188 valence electrons. The number of halogens is 1. The number of carbonyl (C=O) groups excluding carboxylic acids is 2. The largest absolute Gasteiger partial charge is 0.481 e. The SMILES string of the molecule is Cc1ccc([C@H]2[C@H]3C(=O)C[C@H](c4ccccc4Cl)C=C3Nc3ccccc3N2C(=O)CCC(=O)O)cc1. The number of ketones is 1. The number of hydrogen-bond donors (Lipinski definition) is 2. The third-order valence-electron chi connectivity index (χ3n) is 7.07. The molecule has 1 aliphatic heterocycles. The molecule has 3 atom stereocenters. The van der Waals surface area contributed by atoms with Gasteiger partial charge in [0.15, 0.2) is 0 Å². The Labute approximate surface area is 220 Å². The summed E-state index contributed by atoms with van der Waals surface area (Å²) < 4.78 is 0. The highest BCUT2D eigenvalue weighted by Crippen LogP contribution is 2.48. The van der Waals surface area contributed by atoms with Crippen molar-refractivity contribution in [2.45, 2.75) is 38.1 Å². The number of aryl methyl sites for hydroxylation is 1. The van der Waals surface area contributed by atoms with Crippen LogP contribution in [-0.4, -0.2) is 22.8 Å². The molecule has 7 heteroatoms. The number of carbonyl (C=O) groups is 3. The first-order valence-corrected chi connectivity index (χ1v) is 12.7. The van der Waals surface area contributed by atoms with Crippen molar-refractivity contribution in [2.75, 3.05) is 10.2 Å². The molecule has 0 saturated carbocycles. The van der Waals surface area contributed by atoms with Crippen LogP contribution < -0.4 is 10.2 Å². The van der Waals surface area contributed by atoms with Gasteiger partial charge in [0.2, 0.25) is 5.91 Å². The second-order valence-electron chi connectivity index (χ2n) is 9.55. The van der Waals surface area contributed by atoms with Crippen molar-refractivity contribution in [2.24, 2.45) is 5.92 Å². The summed E-state index contributed by atoms with van der Waals surface area (Å²) in [4.78, 5) is 40.6. The third-order valence-corrected chi connectivity index (χ3v) is 7.41. The van der Waals surface area contributed by atoms with E-state index < -0.39 is 17.9 Å². The summed E-state index contributed by atoms with van der Waals surface area (Å²) in [7, 11) is 0. The van der Waals surface area contributed by atoms with Crippen molar-refractivity contribution in [3.8, 4) is 0 Å². The van der Waals surface area contributed by atoms with Gasteiger partial charge in [-0.1, -0.05) is 77.8 Å². The van der Waals surface area contributed by atoms with Gasteiger partial charge in [0.25, 0.3) is 0 Å². The van der Waals surface area contributed by atoms with E-state index in [1.54, 1.807) is 4.90 Å². The highest BCUT2D eigenvalue weighted by Gasteiger charge is 2.45. The van der Waals surface area contributed by atoms with Gasteiger partial charge in [0.05, 0.1) is 29.8 Å². The van der Waals surface area contributed by atoms with Crippen molar-refractivity contribution >= 4 is 40.6 Å². The van der Waals surface area contributed by atoms with Gasteiger partial charge < -0.3 is 15.3 Å². The van der Waals surface area contributed by atoms with Crippen LogP contribution in [0.5, 0.6) is 0 Å². The van der Waals surface area contributed by atoms with Gasteiger partial charge in [-0.2, -0.15) is 0 Å². The Morgan fingerprint density at radius 3 is 2.43 bits per heavy atom. The maximum absolute atomic E-state index is 14.0. The van der Waals surface area contributed by atoms with Crippen molar-refractivity contribution in [3.63, 3.8) is 0 Å². The third kappa shape index (κ3) is 4.89. The van der Waals surface area contributed by atoms with Crippen molar-refractivity contribution < 1.29 is 19.5 Å². The number of carboxylic acid groups (broad SMARTS) is 1. The molecule has 0 aromatic heterocycles. The molecular weight excluding hydrogens is 488 g/mol. The molecular formula is C30H27ClN2O4. The smallest absolute Gasteiger partial charge is 0.303 e. The zero-order chi connectivity index (χ0) is 26.1. The molecule has 0 fully saturated rings. The van der Waals surface area contributed by atoms with Crippen LogP contribution in [0.2, 0.25) is 5.02 Å². The monoisotopic (exact) mass is 514 g/mol. The van der Waals surface area contributed by atoms with E-state index in [4.69, 9.17) is 11.6 Å². The predicted molar refractivity (Wildman–Crippen MR) is 144 cm³/mol. The highest BCUT2D eigenvalue weighted by molar-refractivity contribution is 6.31. The number of amides is 1. The Bertz CT molecular complexity index is 1400. The molecule has 0 radical (unpaired) electrons. The molecule has 1 aliphatic carbocycles. The number of para-hydroxylation sites is 2. The van der Waals surface area contributed by atoms with Gasteiger partial charge in [0, 0.05) is 29.5 Å². The summed E-state index contributed by atoms with van der Waals surface area (Å²) in [5.41, 5.74) is 4.76. The first-order valence-electron chi connectivity index (χ1n) is 12.3. The lowest BCUT2D eigenvalue weighted by atomic mass is 9.76. The maximum Gasteiger partial charge on any atom is 0.303 e. The fraction of sp³-hybridized carbons (Fsp3) is 0.233. The minimum atomic E-state index is -1.04. The average Bonchev–Trinajstić information content (AvgIpc) is 3.02. The lowest BCUT2D eigenvalue weighted by molar-refractivity contribution is -0.138. The summed E-state index contributed by atoms with van der Waals surface area (Å²) in [6.45, 7) is 1.98. The van der Waals surface area contributed by atoms with Crippen LogP contribution in [-0.2, 0) is 14.4 Å². The summed E-state index contributed by atoms with van der Waals surface area (Å²) >= 11 is 6.50. The van der Waals surface area contributed by atoms with Crippen molar-refractivity contribution in [1.29, 1.82) is 0 Å². The molecule has 0 unspecified atom stereocenters. The molecule has 37 heavy (non-hydrogen) atoms. The van der Waals surface area contributed by atoms with Crippen molar-refractivity contribution in [1.82, 2.24) is 0 Å². The van der Waals surface area contributed by atoms with Crippen LogP contribution in [0.15, 0.2) is 84.6 Å². The normalized spacial score (nSPS) is 20.7. The van der Waals surface area contributed by atoms with E-state index in [0.29, 0.717) is 22.1 Å². The van der Waals surface area contributed by atoms with E-state index in [1.807, 2.05) is 79.7 Å². The zero-order valence-electron chi connectivity index (χ0n) is 20.4. The van der Waals surface area contributed by atoms with E-state index in [9.17, 15) is 19.5 Å². The Morgan fingerprint density at radius 1 is 1.00 bits per heavy atom. The number of Topliss-reactive ketones (excluding diaryl/α,β-unsaturated/α-hetero) is 1. The molecule has 0 bridgehead atoms. The number of aliphatic carboxylic acids is 1.